The minimum atomic E-state index is -3.10. The van der Waals surface area contributed by atoms with Crippen molar-refractivity contribution in [2.45, 2.75) is 43.6 Å². The van der Waals surface area contributed by atoms with Gasteiger partial charge in [0.2, 0.25) is 0 Å². The number of nitrogens with one attached hydrogen (secondary N) is 1. The first-order chi connectivity index (χ1) is 13.3. The Kier molecular flexibility index (Phi) is 4.79. The Morgan fingerprint density at radius 3 is 2.36 bits per heavy atom. The average molecular weight is 401 g/mol. The van der Waals surface area contributed by atoms with Crippen molar-refractivity contribution in [2.75, 3.05) is 11.6 Å². The lowest BCUT2D eigenvalue weighted by molar-refractivity contribution is -0.105. The van der Waals surface area contributed by atoms with Crippen LogP contribution in [0.25, 0.3) is 0 Å². The van der Waals surface area contributed by atoms with Crippen LogP contribution in [0.3, 0.4) is 0 Å². The highest BCUT2D eigenvalue weighted by Gasteiger charge is 2.42. The van der Waals surface area contributed by atoms with Gasteiger partial charge in [-0.15, -0.1) is 0 Å². The molecule has 2 aliphatic rings. The van der Waals surface area contributed by atoms with E-state index in [-0.39, 0.29) is 11.7 Å². The zero-order chi connectivity index (χ0) is 19.8. The van der Waals surface area contributed by atoms with Crippen molar-refractivity contribution in [2.24, 2.45) is 0 Å². The van der Waals surface area contributed by atoms with E-state index in [1.165, 1.54) is 12.7 Å². The summed E-state index contributed by atoms with van der Waals surface area (Å²) in [6.07, 6.45) is 6.33. The number of amides is 1. The Labute approximate surface area is 164 Å². The summed E-state index contributed by atoms with van der Waals surface area (Å²) in [5.41, 5.74) is 1.74. The number of anilines is 1. The third-order valence-corrected chi connectivity index (χ3v) is 5.91. The van der Waals surface area contributed by atoms with Gasteiger partial charge in [0.05, 0.1) is 5.75 Å². The van der Waals surface area contributed by atoms with E-state index in [2.05, 4.69) is 5.32 Å². The van der Waals surface area contributed by atoms with Crippen molar-refractivity contribution in [3.05, 3.63) is 53.6 Å². The van der Waals surface area contributed by atoms with Gasteiger partial charge in [-0.2, -0.15) is 0 Å². The summed E-state index contributed by atoms with van der Waals surface area (Å²) in [6, 6.07) is 12.0. The molecule has 0 atom stereocenters. The Hall–Kier alpha value is -2.54. The molecular formula is C21H23NO5S. The molecule has 1 aliphatic heterocycles. The van der Waals surface area contributed by atoms with E-state index in [1.807, 2.05) is 6.07 Å². The third kappa shape index (κ3) is 4.14. The first kappa shape index (κ1) is 18.8. The molecule has 4 rings (SSSR count). The van der Waals surface area contributed by atoms with Crippen molar-refractivity contribution in [1.29, 1.82) is 0 Å². The van der Waals surface area contributed by atoms with Gasteiger partial charge >= 0.3 is 0 Å². The molecule has 6 nitrogen and oxygen atoms in total. The van der Waals surface area contributed by atoms with Gasteiger partial charge in [0.25, 0.3) is 11.7 Å². The maximum absolute atomic E-state index is 12.5. The zero-order valence-electron chi connectivity index (χ0n) is 15.7. The van der Waals surface area contributed by atoms with E-state index in [1.54, 1.807) is 36.4 Å². The number of hydrogen-bond acceptors (Lipinski definition) is 5. The van der Waals surface area contributed by atoms with E-state index in [0.717, 1.165) is 25.7 Å². The van der Waals surface area contributed by atoms with Crippen LogP contribution in [0.15, 0.2) is 42.5 Å². The molecule has 28 heavy (non-hydrogen) atoms. The lowest BCUT2D eigenvalue weighted by Crippen LogP contribution is -2.40. The second kappa shape index (κ2) is 7.13. The van der Waals surface area contributed by atoms with Gasteiger partial charge in [0.1, 0.15) is 0 Å². The number of carbonyl (C=O) groups is 1. The van der Waals surface area contributed by atoms with Gasteiger partial charge in [0, 0.05) is 36.4 Å². The normalized spacial score (nSPS) is 17.5. The number of ether oxygens (including phenoxy) is 2. The quantitative estimate of drug-likeness (QED) is 0.840. The first-order valence-corrected chi connectivity index (χ1v) is 11.5. The van der Waals surface area contributed by atoms with Crippen molar-refractivity contribution < 1.29 is 22.7 Å². The van der Waals surface area contributed by atoms with Crippen LogP contribution in [0.2, 0.25) is 0 Å². The Morgan fingerprint density at radius 1 is 1.00 bits per heavy atom. The molecular weight excluding hydrogens is 378 g/mol. The van der Waals surface area contributed by atoms with Gasteiger partial charge in [-0.1, -0.05) is 18.6 Å². The number of rotatable bonds is 4. The second-order valence-electron chi connectivity index (χ2n) is 7.56. The SMILES string of the molecule is CS(=O)(=O)Cc1ccc(C(=O)Nc2ccc3c(c2)OC2(CCCCC2)O3)cc1. The van der Waals surface area contributed by atoms with Crippen LogP contribution >= 0.6 is 0 Å². The van der Waals surface area contributed by atoms with Gasteiger partial charge in [-0.3, -0.25) is 4.79 Å². The predicted molar refractivity (Wildman–Crippen MR) is 106 cm³/mol. The molecule has 1 aliphatic carbocycles. The summed E-state index contributed by atoms with van der Waals surface area (Å²) in [7, 11) is -3.10. The van der Waals surface area contributed by atoms with Crippen LogP contribution in [0.4, 0.5) is 5.69 Å². The van der Waals surface area contributed by atoms with Crippen molar-refractivity contribution >= 4 is 21.4 Å². The molecule has 2 aromatic carbocycles. The van der Waals surface area contributed by atoms with Crippen LogP contribution in [0, 0.1) is 0 Å². The molecule has 148 valence electrons. The fourth-order valence-corrected chi connectivity index (χ4v) is 4.52. The van der Waals surface area contributed by atoms with Crippen LogP contribution in [-0.4, -0.2) is 26.4 Å². The predicted octanol–water partition coefficient (Wildman–Crippen LogP) is 3.92. The van der Waals surface area contributed by atoms with Gasteiger partial charge in [-0.25, -0.2) is 8.42 Å². The van der Waals surface area contributed by atoms with Crippen molar-refractivity contribution in [3.63, 3.8) is 0 Å². The van der Waals surface area contributed by atoms with Crippen molar-refractivity contribution in [1.82, 2.24) is 0 Å². The first-order valence-electron chi connectivity index (χ1n) is 9.42. The zero-order valence-corrected chi connectivity index (χ0v) is 16.6. The van der Waals surface area contributed by atoms with E-state index in [4.69, 9.17) is 9.47 Å². The average Bonchev–Trinajstić information content (AvgIpc) is 2.98. The van der Waals surface area contributed by atoms with E-state index >= 15 is 0 Å². The maximum Gasteiger partial charge on any atom is 0.255 e. The summed E-state index contributed by atoms with van der Waals surface area (Å²) >= 11 is 0. The number of benzene rings is 2. The summed E-state index contributed by atoms with van der Waals surface area (Å²) < 4.78 is 34.9. The lowest BCUT2D eigenvalue weighted by Gasteiger charge is -2.31. The highest BCUT2D eigenvalue weighted by Crippen LogP contribution is 2.46. The topological polar surface area (TPSA) is 81.7 Å². The molecule has 1 amide bonds. The molecule has 1 N–H and O–H groups in total. The lowest BCUT2D eigenvalue weighted by atomic mass is 9.94. The molecule has 0 saturated heterocycles. The molecule has 0 bridgehead atoms. The smallest absolute Gasteiger partial charge is 0.255 e. The third-order valence-electron chi connectivity index (χ3n) is 5.05. The molecule has 0 unspecified atom stereocenters. The maximum atomic E-state index is 12.5. The summed E-state index contributed by atoms with van der Waals surface area (Å²) in [5.74, 6) is 0.516. The fourth-order valence-electron chi connectivity index (χ4n) is 3.72. The second-order valence-corrected chi connectivity index (χ2v) is 9.70. The van der Waals surface area contributed by atoms with Crippen LogP contribution in [-0.2, 0) is 15.6 Å². The van der Waals surface area contributed by atoms with E-state index in [9.17, 15) is 13.2 Å². The molecule has 1 heterocycles. The summed E-state index contributed by atoms with van der Waals surface area (Å²) in [5, 5.41) is 2.85. The number of fused-ring (bicyclic) bond motifs is 1. The summed E-state index contributed by atoms with van der Waals surface area (Å²) in [6.45, 7) is 0. The molecule has 7 heteroatoms. The van der Waals surface area contributed by atoms with Crippen molar-refractivity contribution in [3.8, 4) is 11.5 Å². The Morgan fingerprint density at radius 2 is 1.68 bits per heavy atom. The summed E-state index contributed by atoms with van der Waals surface area (Å²) in [4.78, 5) is 12.5. The molecule has 1 fully saturated rings. The minimum absolute atomic E-state index is 0.0428. The molecule has 1 spiro atoms. The molecule has 1 saturated carbocycles. The molecule has 2 aromatic rings. The number of carbonyl (C=O) groups excluding carboxylic acids is 1. The molecule has 0 aromatic heterocycles. The Balaban J connectivity index is 1.44. The number of hydrogen-bond donors (Lipinski definition) is 1. The van der Waals surface area contributed by atoms with E-state index in [0.29, 0.717) is 28.3 Å². The number of sulfone groups is 1. The minimum Gasteiger partial charge on any atom is -0.448 e. The van der Waals surface area contributed by atoms with Gasteiger partial charge in [-0.05, 0) is 42.7 Å². The van der Waals surface area contributed by atoms with E-state index < -0.39 is 15.6 Å². The highest BCUT2D eigenvalue weighted by atomic mass is 32.2. The fraction of sp³-hybridized carbons (Fsp3) is 0.381. The standard InChI is InChI=1S/C21H23NO5S/c1-28(24,25)14-15-5-7-16(8-6-15)20(23)22-17-9-10-18-19(13-17)27-21(26-18)11-3-2-4-12-21/h5-10,13H,2-4,11-12,14H2,1H3,(H,22,23). The largest absolute Gasteiger partial charge is 0.448 e. The van der Waals surface area contributed by atoms with Crippen LogP contribution < -0.4 is 14.8 Å². The van der Waals surface area contributed by atoms with Gasteiger partial charge in [0.15, 0.2) is 21.3 Å². The Bertz CT molecular complexity index is 992. The highest BCUT2D eigenvalue weighted by molar-refractivity contribution is 7.89. The van der Waals surface area contributed by atoms with Crippen LogP contribution in [0.1, 0.15) is 48.0 Å². The monoisotopic (exact) mass is 401 g/mol. The molecule has 0 radical (unpaired) electrons. The van der Waals surface area contributed by atoms with Crippen LogP contribution in [0.5, 0.6) is 11.5 Å². The van der Waals surface area contributed by atoms with Gasteiger partial charge < -0.3 is 14.8 Å².